The molecular weight excluding hydrogens is 269 g/mol. The van der Waals surface area contributed by atoms with Crippen molar-refractivity contribution >= 4 is 23.2 Å². The zero-order valence-corrected chi connectivity index (χ0v) is 12.5. The molecule has 0 aliphatic heterocycles. The van der Waals surface area contributed by atoms with Gasteiger partial charge < -0.3 is 10.1 Å². The van der Waals surface area contributed by atoms with Gasteiger partial charge in [0, 0.05) is 23.0 Å². The summed E-state index contributed by atoms with van der Waals surface area (Å²) in [7, 11) is 1.68. The summed E-state index contributed by atoms with van der Waals surface area (Å²) < 4.78 is 5.31. The van der Waals surface area contributed by atoms with Crippen molar-refractivity contribution in [3.63, 3.8) is 0 Å². The van der Waals surface area contributed by atoms with Crippen molar-refractivity contribution < 1.29 is 4.74 Å². The summed E-state index contributed by atoms with van der Waals surface area (Å²) in [5, 5.41) is 4.18. The van der Waals surface area contributed by atoms with Crippen LogP contribution in [0.3, 0.4) is 0 Å². The van der Waals surface area contributed by atoms with Crippen molar-refractivity contribution in [2.75, 3.05) is 19.5 Å². The standard InChI is InChI=1S/C14H21Cl2NO/c1-3-11(6-7-15)9-17-10-12-8-13(16)4-5-14(12)18-2/h4-5,8,11,17H,3,6-7,9-10H2,1-2H3. The van der Waals surface area contributed by atoms with Crippen LogP contribution in [0.2, 0.25) is 5.02 Å². The molecule has 1 atom stereocenters. The molecule has 2 nitrogen and oxygen atoms in total. The van der Waals surface area contributed by atoms with E-state index in [4.69, 9.17) is 27.9 Å². The highest BCUT2D eigenvalue weighted by Crippen LogP contribution is 2.22. The van der Waals surface area contributed by atoms with E-state index in [1.54, 1.807) is 7.11 Å². The normalized spacial score (nSPS) is 12.4. The highest BCUT2D eigenvalue weighted by atomic mass is 35.5. The fourth-order valence-electron chi connectivity index (χ4n) is 1.90. The molecule has 0 radical (unpaired) electrons. The van der Waals surface area contributed by atoms with Gasteiger partial charge in [-0.05, 0) is 37.1 Å². The molecule has 1 N–H and O–H groups in total. The minimum absolute atomic E-state index is 0.632. The van der Waals surface area contributed by atoms with Gasteiger partial charge in [-0.2, -0.15) is 0 Å². The van der Waals surface area contributed by atoms with Gasteiger partial charge in [-0.25, -0.2) is 0 Å². The van der Waals surface area contributed by atoms with Crippen molar-refractivity contribution in [3.8, 4) is 5.75 Å². The second-order valence-electron chi connectivity index (χ2n) is 4.34. The number of halogens is 2. The molecule has 0 aliphatic rings. The van der Waals surface area contributed by atoms with E-state index in [1.807, 2.05) is 18.2 Å². The van der Waals surface area contributed by atoms with Crippen LogP contribution < -0.4 is 10.1 Å². The molecule has 1 aromatic rings. The summed E-state index contributed by atoms with van der Waals surface area (Å²) in [6.45, 7) is 3.93. The van der Waals surface area contributed by atoms with E-state index < -0.39 is 0 Å². The van der Waals surface area contributed by atoms with Gasteiger partial charge in [0.2, 0.25) is 0 Å². The van der Waals surface area contributed by atoms with E-state index in [2.05, 4.69) is 12.2 Å². The lowest BCUT2D eigenvalue weighted by Crippen LogP contribution is -2.22. The lowest BCUT2D eigenvalue weighted by Gasteiger charge is -2.15. The maximum Gasteiger partial charge on any atom is 0.123 e. The van der Waals surface area contributed by atoms with Crippen LogP contribution in [-0.4, -0.2) is 19.5 Å². The Labute approximate surface area is 120 Å². The van der Waals surface area contributed by atoms with Crippen LogP contribution in [0.25, 0.3) is 0 Å². The van der Waals surface area contributed by atoms with Gasteiger partial charge in [-0.15, -0.1) is 11.6 Å². The molecule has 0 heterocycles. The molecule has 0 saturated heterocycles. The Hall–Kier alpha value is -0.440. The van der Waals surface area contributed by atoms with E-state index in [9.17, 15) is 0 Å². The average molecular weight is 290 g/mol. The van der Waals surface area contributed by atoms with Crippen molar-refractivity contribution in [2.24, 2.45) is 5.92 Å². The Morgan fingerprint density at radius 1 is 1.39 bits per heavy atom. The van der Waals surface area contributed by atoms with Crippen LogP contribution in [0.4, 0.5) is 0 Å². The summed E-state index contributed by atoms with van der Waals surface area (Å²) in [6.07, 6.45) is 2.20. The Morgan fingerprint density at radius 3 is 2.78 bits per heavy atom. The van der Waals surface area contributed by atoms with Crippen molar-refractivity contribution in [1.82, 2.24) is 5.32 Å². The summed E-state index contributed by atoms with van der Waals surface area (Å²) in [6, 6.07) is 5.68. The van der Waals surface area contributed by atoms with Gasteiger partial charge in [-0.1, -0.05) is 24.9 Å². The molecule has 0 spiro atoms. The Kier molecular flexibility index (Phi) is 7.48. The largest absolute Gasteiger partial charge is 0.496 e. The topological polar surface area (TPSA) is 21.3 Å². The first-order valence-corrected chi connectivity index (χ1v) is 7.21. The molecule has 1 unspecified atom stereocenters. The molecule has 4 heteroatoms. The molecule has 102 valence electrons. The second-order valence-corrected chi connectivity index (χ2v) is 5.15. The fourth-order valence-corrected chi connectivity index (χ4v) is 2.40. The van der Waals surface area contributed by atoms with Crippen LogP contribution in [0.5, 0.6) is 5.75 Å². The third kappa shape index (κ3) is 5.05. The van der Waals surface area contributed by atoms with Crippen LogP contribution in [-0.2, 0) is 6.54 Å². The lowest BCUT2D eigenvalue weighted by molar-refractivity contribution is 0.403. The van der Waals surface area contributed by atoms with Crippen molar-refractivity contribution in [3.05, 3.63) is 28.8 Å². The van der Waals surface area contributed by atoms with E-state index in [0.29, 0.717) is 5.92 Å². The van der Waals surface area contributed by atoms with E-state index in [0.717, 1.165) is 48.1 Å². The molecule has 0 bridgehead atoms. The van der Waals surface area contributed by atoms with Gasteiger partial charge in [0.25, 0.3) is 0 Å². The maximum atomic E-state index is 5.99. The number of nitrogens with one attached hydrogen (secondary N) is 1. The first-order chi connectivity index (χ1) is 8.71. The average Bonchev–Trinajstić information content (AvgIpc) is 2.38. The molecule has 0 aliphatic carbocycles. The number of methoxy groups -OCH3 is 1. The van der Waals surface area contributed by atoms with Gasteiger partial charge in [0.15, 0.2) is 0 Å². The second kappa shape index (κ2) is 8.63. The molecule has 0 amide bonds. The predicted molar refractivity (Wildman–Crippen MR) is 78.8 cm³/mol. The lowest BCUT2D eigenvalue weighted by atomic mass is 10.0. The molecular formula is C14H21Cl2NO. The monoisotopic (exact) mass is 289 g/mol. The molecule has 0 fully saturated rings. The number of hydrogen-bond donors (Lipinski definition) is 1. The van der Waals surface area contributed by atoms with Gasteiger partial charge in [0.05, 0.1) is 7.11 Å². The predicted octanol–water partition coefficient (Wildman–Crippen LogP) is 4.09. The van der Waals surface area contributed by atoms with E-state index in [-0.39, 0.29) is 0 Å². The molecule has 18 heavy (non-hydrogen) atoms. The number of hydrogen-bond acceptors (Lipinski definition) is 2. The SMILES string of the molecule is CCC(CCCl)CNCc1cc(Cl)ccc1OC. The molecule has 1 rings (SSSR count). The maximum absolute atomic E-state index is 5.99. The number of alkyl halides is 1. The molecule has 0 aromatic heterocycles. The van der Waals surface area contributed by atoms with Crippen LogP contribution in [0.15, 0.2) is 18.2 Å². The molecule has 0 saturated carbocycles. The zero-order chi connectivity index (χ0) is 13.4. The minimum atomic E-state index is 0.632. The molecule has 1 aromatic carbocycles. The summed E-state index contributed by atoms with van der Waals surface area (Å²) >= 11 is 11.8. The fraction of sp³-hybridized carbons (Fsp3) is 0.571. The quantitative estimate of drug-likeness (QED) is 0.728. The van der Waals surface area contributed by atoms with Crippen LogP contribution in [0.1, 0.15) is 25.3 Å². The number of rotatable bonds is 8. The minimum Gasteiger partial charge on any atom is -0.496 e. The summed E-state index contributed by atoms with van der Waals surface area (Å²) in [5.74, 6) is 2.23. The van der Waals surface area contributed by atoms with E-state index in [1.165, 1.54) is 0 Å². The van der Waals surface area contributed by atoms with Crippen LogP contribution >= 0.6 is 23.2 Å². The first kappa shape index (κ1) is 15.6. The number of ether oxygens (including phenoxy) is 1. The summed E-state index contributed by atoms with van der Waals surface area (Å²) in [5.41, 5.74) is 1.09. The van der Waals surface area contributed by atoms with Gasteiger partial charge in [-0.3, -0.25) is 0 Å². The smallest absolute Gasteiger partial charge is 0.123 e. The van der Waals surface area contributed by atoms with Gasteiger partial charge >= 0.3 is 0 Å². The van der Waals surface area contributed by atoms with Crippen molar-refractivity contribution in [2.45, 2.75) is 26.3 Å². The Morgan fingerprint density at radius 2 is 2.17 bits per heavy atom. The summed E-state index contributed by atoms with van der Waals surface area (Å²) in [4.78, 5) is 0. The van der Waals surface area contributed by atoms with Crippen molar-refractivity contribution in [1.29, 1.82) is 0 Å². The Bertz CT molecular complexity index is 358. The third-order valence-electron chi connectivity index (χ3n) is 3.09. The zero-order valence-electron chi connectivity index (χ0n) is 11.0. The first-order valence-electron chi connectivity index (χ1n) is 6.30. The third-order valence-corrected chi connectivity index (χ3v) is 3.54. The Balaban J connectivity index is 2.49. The van der Waals surface area contributed by atoms with Gasteiger partial charge in [0.1, 0.15) is 5.75 Å². The van der Waals surface area contributed by atoms with Crippen LogP contribution in [0, 0.1) is 5.92 Å². The highest BCUT2D eigenvalue weighted by molar-refractivity contribution is 6.30. The van der Waals surface area contributed by atoms with E-state index >= 15 is 0 Å². The highest BCUT2D eigenvalue weighted by Gasteiger charge is 2.07. The number of benzene rings is 1.